The first-order valence-electron chi connectivity index (χ1n) is 8.94. The fraction of sp³-hybridized carbons (Fsp3) is 0.200. The number of hydrogen-bond donors (Lipinski definition) is 2. The maximum atomic E-state index is 13.3. The lowest BCUT2D eigenvalue weighted by Gasteiger charge is -2.10. The molecule has 1 heterocycles. The van der Waals surface area contributed by atoms with Crippen LogP contribution in [0.25, 0.3) is 11.4 Å². The molecule has 0 spiro atoms. The van der Waals surface area contributed by atoms with Gasteiger partial charge in [-0.3, -0.25) is 14.7 Å². The summed E-state index contributed by atoms with van der Waals surface area (Å²) in [5.41, 5.74) is 1.81. The summed E-state index contributed by atoms with van der Waals surface area (Å²) in [5, 5.41) is 13.7. The monoisotopic (exact) mass is 413 g/mol. The van der Waals surface area contributed by atoms with Crippen molar-refractivity contribution in [3.63, 3.8) is 0 Å². The van der Waals surface area contributed by atoms with E-state index in [1.54, 1.807) is 12.1 Å². The zero-order valence-electron chi connectivity index (χ0n) is 15.8. The van der Waals surface area contributed by atoms with Crippen molar-refractivity contribution in [3.05, 3.63) is 66.0 Å². The standard InChI is InChI=1S/C20H20FN5O2S/c1-22-19(28)23-17(27)11-12-29-20-25-24-18(15-7-9-16(21)10-8-15)26(20)13-14-5-3-2-4-6-14/h2-10H,11-13H2,1H3,(H2,22,23,27,28). The first kappa shape index (κ1) is 20.5. The van der Waals surface area contributed by atoms with E-state index in [9.17, 15) is 14.0 Å². The normalized spacial score (nSPS) is 10.6. The fourth-order valence-corrected chi connectivity index (χ4v) is 3.48. The van der Waals surface area contributed by atoms with E-state index >= 15 is 0 Å². The van der Waals surface area contributed by atoms with Gasteiger partial charge in [0.05, 0.1) is 6.54 Å². The lowest BCUT2D eigenvalue weighted by atomic mass is 10.2. The van der Waals surface area contributed by atoms with Gasteiger partial charge in [0.25, 0.3) is 0 Å². The van der Waals surface area contributed by atoms with Gasteiger partial charge in [-0.05, 0) is 29.8 Å². The molecule has 0 fully saturated rings. The predicted octanol–water partition coefficient (Wildman–Crippen LogP) is 3.07. The molecule has 3 aromatic rings. The Bertz CT molecular complexity index is 976. The van der Waals surface area contributed by atoms with Crippen LogP contribution in [0.1, 0.15) is 12.0 Å². The van der Waals surface area contributed by atoms with Gasteiger partial charge in [-0.2, -0.15) is 0 Å². The number of nitrogens with zero attached hydrogens (tertiary/aromatic N) is 3. The molecule has 9 heteroatoms. The highest BCUT2D eigenvalue weighted by molar-refractivity contribution is 7.99. The minimum absolute atomic E-state index is 0.155. The third-order valence-corrected chi connectivity index (χ3v) is 5.01. The molecule has 3 rings (SSSR count). The first-order valence-corrected chi connectivity index (χ1v) is 9.93. The SMILES string of the molecule is CNC(=O)NC(=O)CCSc1nnc(-c2ccc(F)cc2)n1Cc1ccccc1. The maximum Gasteiger partial charge on any atom is 0.321 e. The maximum absolute atomic E-state index is 13.3. The number of hydrogen-bond acceptors (Lipinski definition) is 5. The Hall–Kier alpha value is -3.20. The van der Waals surface area contributed by atoms with E-state index in [1.165, 1.54) is 30.9 Å². The van der Waals surface area contributed by atoms with Crippen molar-refractivity contribution in [3.8, 4) is 11.4 Å². The number of amides is 3. The van der Waals surface area contributed by atoms with E-state index in [0.717, 1.165) is 11.1 Å². The van der Waals surface area contributed by atoms with Crippen molar-refractivity contribution >= 4 is 23.7 Å². The molecule has 0 saturated heterocycles. The third-order valence-electron chi connectivity index (χ3n) is 4.04. The highest BCUT2D eigenvalue weighted by Gasteiger charge is 2.16. The number of rotatable bonds is 7. The summed E-state index contributed by atoms with van der Waals surface area (Å²) in [6, 6.07) is 15.4. The number of halogens is 1. The van der Waals surface area contributed by atoms with Crippen molar-refractivity contribution in [1.82, 2.24) is 25.4 Å². The summed E-state index contributed by atoms with van der Waals surface area (Å²) in [7, 11) is 1.44. The zero-order chi connectivity index (χ0) is 20.6. The molecule has 0 atom stereocenters. The molecule has 0 aliphatic rings. The molecule has 150 valence electrons. The van der Waals surface area contributed by atoms with Crippen LogP contribution < -0.4 is 10.6 Å². The van der Waals surface area contributed by atoms with Crippen molar-refractivity contribution < 1.29 is 14.0 Å². The number of benzene rings is 2. The molecule has 7 nitrogen and oxygen atoms in total. The second kappa shape index (κ2) is 9.83. The molecular weight excluding hydrogens is 393 g/mol. The number of urea groups is 1. The quantitative estimate of drug-likeness (QED) is 0.581. The van der Waals surface area contributed by atoms with E-state index in [2.05, 4.69) is 20.8 Å². The average molecular weight is 413 g/mol. The van der Waals surface area contributed by atoms with E-state index < -0.39 is 6.03 Å². The molecule has 0 radical (unpaired) electrons. The molecule has 3 amide bonds. The lowest BCUT2D eigenvalue weighted by molar-refractivity contribution is -0.119. The number of imide groups is 1. The van der Waals surface area contributed by atoms with Crippen LogP contribution in [0, 0.1) is 5.82 Å². The van der Waals surface area contributed by atoms with Gasteiger partial charge in [-0.25, -0.2) is 9.18 Å². The Morgan fingerprint density at radius 2 is 1.79 bits per heavy atom. The minimum atomic E-state index is -0.536. The summed E-state index contributed by atoms with van der Waals surface area (Å²) in [6.45, 7) is 0.535. The highest BCUT2D eigenvalue weighted by atomic mass is 32.2. The molecule has 2 N–H and O–H groups in total. The molecule has 0 bridgehead atoms. The zero-order valence-corrected chi connectivity index (χ0v) is 16.6. The van der Waals surface area contributed by atoms with Gasteiger partial charge in [0, 0.05) is 24.8 Å². The first-order chi connectivity index (χ1) is 14.1. The van der Waals surface area contributed by atoms with Crippen LogP contribution in [0.3, 0.4) is 0 Å². The molecule has 1 aromatic heterocycles. The van der Waals surface area contributed by atoms with Crippen LogP contribution in [0.15, 0.2) is 59.8 Å². The largest absolute Gasteiger partial charge is 0.341 e. The summed E-state index contributed by atoms with van der Waals surface area (Å²) in [4.78, 5) is 23.0. The summed E-state index contributed by atoms with van der Waals surface area (Å²) < 4.78 is 15.2. The predicted molar refractivity (Wildman–Crippen MR) is 109 cm³/mol. The number of carbonyl (C=O) groups excluding carboxylic acids is 2. The second-order valence-corrected chi connectivity index (χ2v) is 7.17. The van der Waals surface area contributed by atoms with Crippen LogP contribution in [0.4, 0.5) is 9.18 Å². The van der Waals surface area contributed by atoms with E-state index in [1.807, 2.05) is 34.9 Å². The topological polar surface area (TPSA) is 88.9 Å². The van der Waals surface area contributed by atoms with Crippen LogP contribution in [-0.4, -0.2) is 39.5 Å². The second-order valence-electron chi connectivity index (χ2n) is 6.11. The van der Waals surface area contributed by atoms with Crippen molar-refractivity contribution in [2.45, 2.75) is 18.1 Å². The third kappa shape index (κ3) is 5.64. The number of carbonyl (C=O) groups is 2. The molecule has 0 aliphatic heterocycles. The summed E-state index contributed by atoms with van der Waals surface area (Å²) in [5.74, 6) is 0.356. The molecule has 0 unspecified atom stereocenters. The summed E-state index contributed by atoms with van der Waals surface area (Å²) in [6.07, 6.45) is 0.155. The molecular formula is C20H20FN5O2S. The Morgan fingerprint density at radius 3 is 2.48 bits per heavy atom. The Balaban J connectivity index is 1.78. The Morgan fingerprint density at radius 1 is 1.07 bits per heavy atom. The Labute approximate surface area is 171 Å². The van der Waals surface area contributed by atoms with Crippen LogP contribution in [0.5, 0.6) is 0 Å². The van der Waals surface area contributed by atoms with Gasteiger partial charge in [0.2, 0.25) is 5.91 Å². The number of nitrogens with one attached hydrogen (secondary N) is 2. The highest BCUT2D eigenvalue weighted by Crippen LogP contribution is 2.25. The lowest BCUT2D eigenvalue weighted by Crippen LogP contribution is -2.37. The Kier molecular flexibility index (Phi) is 6.96. The summed E-state index contributed by atoms with van der Waals surface area (Å²) >= 11 is 1.37. The van der Waals surface area contributed by atoms with Gasteiger partial charge in [0.15, 0.2) is 11.0 Å². The van der Waals surface area contributed by atoms with Gasteiger partial charge in [-0.1, -0.05) is 42.1 Å². The van der Waals surface area contributed by atoms with Crippen LogP contribution >= 0.6 is 11.8 Å². The molecule has 29 heavy (non-hydrogen) atoms. The van der Waals surface area contributed by atoms with E-state index in [-0.39, 0.29) is 18.1 Å². The van der Waals surface area contributed by atoms with Gasteiger partial charge >= 0.3 is 6.03 Å². The average Bonchev–Trinajstić information content (AvgIpc) is 3.11. The smallest absolute Gasteiger partial charge is 0.321 e. The van der Waals surface area contributed by atoms with Crippen LogP contribution in [-0.2, 0) is 11.3 Å². The number of aromatic nitrogens is 3. The van der Waals surface area contributed by atoms with Gasteiger partial charge < -0.3 is 5.32 Å². The van der Waals surface area contributed by atoms with E-state index in [0.29, 0.717) is 23.3 Å². The number of thioether (sulfide) groups is 1. The molecule has 0 aliphatic carbocycles. The molecule has 0 saturated carbocycles. The van der Waals surface area contributed by atoms with Crippen molar-refractivity contribution in [1.29, 1.82) is 0 Å². The minimum Gasteiger partial charge on any atom is -0.341 e. The van der Waals surface area contributed by atoms with Crippen molar-refractivity contribution in [2.24, 2.45) is 0 Å². The fourth-order valence-electron chi connectivity index (χ4n) is 2.60. The molecule has 2 aromatic carbocycles. The van der Waals surface area contributed by atoms with Gasteiger partial charge in [-0.15, -0.1) is 10.2 Å². The van der Waals surface area contributed by atoms with Gasteiger partial charge in [0.1, 0.15) is 5.82 Å². The van der Waals surface area contributed by atoms with E-state index in [4.69, 9.17) is 0 Å². The van der Waals surface area contributed by atoms with Crippen molar-refractivity contribution in [2.75, 3.05) is 12.8 Å². The van der Waals surface area contributed by atoms with Crippen LogP contribution in [0.2, 0.25) is 0 Å².